The van der Waals surface area contributed by atoms with E-state index in [4.69, 9.17) is 16.3 Å². The van der Waals surface area contributed by atoms with E-state index in [2.05, 4.69) is 5.10 Å². The molecule has 0 bridgehead atoms. The van der Waals surface area contributed by atoms with Gasteiger partial charge < -0.3 is 4.74 Å². The van der Waals surface area contributed by atoms with Crippen LogP contribution in [0.3, 0.4) is 0 Å². The van der Waals surface area contributed by atoms with Gasteiger partial charge in [0.15, 0.2) is 0 Å². The summed E-state index contributed by atoms with van der Waals surface area (Å²) in [6.07, 6.45) is 4.36. The molecule has 0 N–H and O–H groups in total. The lowest BCUT2D eigenvalue weighted by Crippen LogP contribution is -2.02. The summed E-state index contributed by atoms with van der Waals surface area (Å²) in [5.41, 5.74) is 3.49. The van der Waals surface area contributed by atoms with Gasteiger partial charge in [0.25, 0.3) is 0 Å². The summed E-state index contributed by atoms with van der Waals surface area (Å²) < 4.78 is 7.18. The van der Waals surface area contributed by atoms with Crippen molar-refractivity contribution < 1.29 is 4.74 Å². The first-order chi connectivity index (χ1) is 8.83. The highest BCUT2D eigenvalue weighted by Gasteiger charge is 2.30. The fourth-order valence-electron chi connectivity index (χ4n) is 2.22. The molecule has 0 saturated heterocycles. The Morgan fingerprint density at radius 2 is 2.06 bits per heavy atom. The third kappa shape index (κ3) is 1.99. The number of rotatable bonds is 4. The van der Waals surface area contributed by atoms with E-state index in [1.807, 2.05) is 35.1 Å². The Bertz CT molecular complexity index is 543. The minimum absolute atomic E-state index is 0.530. The summed E-state index contributed by atoms with van der Waals surface area (Å²) in [6.45, 7) is 0. The van der Waals surface area contributed by atoms with Crippen LogP contribution in [0.5, 0.6) is 5.75 Å². The van der Waals surface area contributed by atoms with E-state index in [1.165, 1.54) is 18.5 Å². The zero-order valence-electron chi connectivity index (χ0n) is 10.3. The van der Waals surface area contributed by atoms with Gasteiger partial charge in [-0.2, -0.15) is 5.10 Å². The summed E-state index contributed by atoms with van der Waals surface area (Å²) in [6, 6.07) is 7.95. The third-order valence-electron chi connectivity index (χ3n) is 3.31. The number of ether oxygens (including phenoxy) is 1. The lowest BCUT2D eigenvalue weighted by molar-refractivity contribution is 0.414. The molecule has 0 unspecified atom stereocenters. The van der Waals surface area contributed by atoms with Gasteiger partial charge in [-0.25, -0.2) is 4.68 Å². The van der Waals surface area contributed by atoms with Crippen molar-refractivity contribution in [3.05, 3.63) is 41.7 Å². The van der Waals surface area contributed by atoms with Gasteiger partial charge in [0.2, 0.25) is 0 Å². The second-order valence-corrected chi connectivity index (χ2v) is 4.84. The molecule has 0 radical (unpaired) electrons. The first kappa shape index (κ1) is 11.6. The van der Waals surface area contributed by atoms with Gasteiger partial charge in [-0.1, -0.05) is 0 Å². The number of methoxy groups -OCH3 is 1. The highest BCUT2D eigenvalue weighted by atomic mass is 35.5. The highest BCUT2D eigenvalue weighted by molar-refractivity contribution is 6.17. The van der Waals surface area contributed by atoms with E-state index in [0.29, 0.717) is 11.8 Å². The number of hydrogen-bond acceptors (Lipinski definition) is 2. The molecule has 2 aromatic rings. The van der Waals surface area contributed by atoms with E-state index in [0.717, 1.165) is 17.0 Å². The molecule has 1 aliphatic carbocycles. The molecule has 1 aromatic carbocycles. The summed E-state index contributed by atoms with van der Waals surface area (Å²) in [5.74, 6) is 2.02. The quantitative estimate of drug-likeness (QED) is 0.789. The zero-order valence-corrected chi connectivity index (χ0v) is 11.0. The fraction of sp³-hybridized carbons (Fsp3) is 0.357. The van der Waals surface area contributed by atoms with Crippen molar-refractivity contribution in [2.24, 2.45) is 0 Å². The van der Waals surface area contributed by atoms with Gasteiger partial charge >= 0.3 is 0 Å². The number of halogens is 1. The summed E-state index contributed by atoms with van der Waals surface area (Å²) in [7, 11) is 1.67. The van der Waals surface area contributed by atoms with Crippen LogP contribution in [-0.2, 0) is 5.88 Å². The van der Waals surface area contributed by atoms with Crippen molar-refractivity contribution in [1.29, 1.82) is 0 Å². The highest BCUT2D eigenvalue weighted by Crippen LogP contribution is 2.42. The lowest BCUT2D eigenvalue weighted by atomic mass is 10.2. The van der Waals surface area contributed by atoms with E-state index >= 15 is 0 Å². The van der Waals surface area contributed by atoms with Crippen LogP contribution in [0.25, 0.3) is 5.69 Å². The van der Waals surface area contributed by atoms with Crippen LogP contribution in [0, 0.1) is 0 Å². The summed E-state index contributed by atoms with van der Waals surface area (Å²) >= 11 is 5.98. The van der Waals surface area contributed by atoms with Crippen molar-refractivity contribution in [3.8, 4) is 11.4 Å². The molecule has 3 nitrogen and oxygen atoms in total. The first-order valence-corrected chi connectivity index (χ1v) is 6.64. The van der Waals surface area contributed by atoms with Crippen LogP contribution in [0.1, 0.15) is 30.0 Å². The molecule has 1 fully saturated rings. The number of alkyl halides is 1. The Hall–Kier alpha value is -1.48. The molecular formula is C14H15ClN2O. The predicted molar refractivity (Wildman–Crippen MR) is 71.6 cm³/mol. The van der Waals surface area contributed by atoms with E-state index in [9.17, 15) is 0 Å². The molecule has 94 valence electrons. The van der Waals surface area contributed by atoms with E-state index < -0.39 is 0 Å². The Morgan fingerprint density at radius 3 is 2.61 bits per heavy atom. The van der Waals surface area contributed by atoms with Crippen LogP contribution in [0.4, 0.5) is 0 Å². The molecular weight excluding hydrogens is 248 g/mol. The van der Waals surface area contributed by atoms with Crippen LogP contribution < -0.4 is 4.74 Å². The minimum Gasteiger partial charge on any atom is -0.497 e. The van der Waals surface area contributed by atoms with Gasteiger partial charge in [-0.05, 0) is 37.1 Å². The van der Waals surface area contributed by atoms with Gasteiger partial charge in [0.05, 0.1) is 30.6 Å². The number of benzene rings is 1. The van der Waals surface area contributed by atoms with Crippen molar-refractivity contribution in [2.75, 3.05) is 7.11 Å². The standard InChI is InChI=1S/C14H15ClN2O/c1-18-13-6-4-12(5-7-13)17-14(10-2-3-10)11(8-15)9-16-17/h4-7,9-10H,2-3,8H2,1H3. The lowest BCUT2D eigenvalue weighted by Gasteiger charge is -2.08. The minimum atomic E-state index is 0.530. The second-order valence-electron chi connectivity index (χ2n) is 4.57. The molecule has 18 heavy (non-hydrogen) atoms. The van der Waals surface area contributed by atoms with Gasteiger partial charge in [0.1, 0.15) is 5.75 Å². The van der Waals surface area contributed by atoms with Crippen LogP contribution >= 0.6 is 11.6 Å². The third-order valence-corrected chi connectivity index (χ3v) is 3.60. The fourth-order valence-corrected chi connectivity index (χ4v) is 2.42. The number of hydrogen-bond donors (Lipinski definition) is 0. The monoisotopic (exact) mass is 262 g/mol. The van der Waals surface area contributed by atoms with Crippen molar-refractivity contribution >= 4 is 11.6 Å². The SMILES string of the molecule is COc1ccc(-n2ncc(CCl)c2C2CC2)cc1. The zero-order chi connectivity index (χ0) is 12.5. The second kappa shape index (κ2) is 4.65. The first-order valence-electron chi connectivity index (χ1n) is 6.10. The van der Waals surface area contributed by atoms with Crippen LogP contribution in [0.2, 0.25) is 0 Å². The molecule has 0 spiro atoms. The maximum Gasteiger partial charge on any atom is 0.119 e. The maximum absolute atomic E-state index is 5.98. The Balaban J connectivity index is 2.02. The van der Waals surface area contributed by atoms with Crippen molar-refractivity contribution in [2.45, 2.75) is 24.6 Å². The predicted octanol–water partition coefficient (Wildman–Crippen LogP) is 3.50. The Kier molecular flexibility index (Phi) is 3.00. The molecule has 1 aliphatic rings. The maximum atomic E-state index is 5.98. The van der Waals surface area contributed by atoms with Crippen LogP contribution in [-0.4, -0.2) is 16.9 Å². The normalized spacial score (nSPS) is 14.8. The molecule has 3 rings (SSSR count). The molecule has 0 atom stereocenters. The number of aromatic nitrogens is 2. The average Bonchev–Trinajstić information content (AvgIpc) is 3.18. The smallest absolute Gasteiger partial charge is 0.119 e. The summed E-state index contributed by atoms with van der Waals surface area (Å²) in [4.78, 5) is 0. The van der Waals surface area contributed by atoms with E-state index in [1.54, 1.807) is 7.11 Å². The largest absolute Gasteiger partial charge is 0.497 e. The van der Waals surface area contributed by atoms with Crippen molar-refractivity contribution in [3.63, 3.8) is 0 Å². The Labute approximate surface area is 111 Å². The van der Waals surface area contributed by atoms with Gasteiger partial charge in [-0.3, -0.25) is 0 Å². The molecule has 0 aliphatic heterocycles. The van der Waals surface area contributed by atoms with Gasteiger partial charge in [0, 0.05) is 11.5 Å². The number of nitrogens with zero attached hydrogens (tertiary/aromatic N) is 2. The van der Waals surface area contributed by atoms with Crippen molar-refractivity contribution in [1.82, 2.24) is 9.78 Å². The molecule has 1 heterocycles. The Morgan fingerprint density at radius 1 is 1.33 bits per heavy atom. The average molecular weight is 263 g/mol. The molecule has 0 amide bonds. The van der Waals surface area contributed by atoms with Gasteiger partial charge in [-0.15, -0.1) is 11.6 Å². The molecule has 4 heteroatoms. The summed E-state index contributed by atoms with van der Waals surface area (Å²) in [5, 5.41) is 4.47. The van der Waals surface area contributed by atoms with E-state index in [-0.39, 0.29) is 0 Å². The van der Waals surface area contributed by atoms with Crippen LogP contribution in [0.15, 0.2) is 30.5 Å². The topological polar surface area (TPSA) is 27.1 Å². The molecule has 1 aromatic heterocycles. The molecule has 1 saturated carbocycles.